The molecule has 7 nitrogen and oxygen atoms in total. The summed E-state index contributed by atoms with van der Waals surface area (Å²) in [6, 6.07) is 16.2. The molecule has 1 heterocycles. The maximum absolute atomic E-state index is 13.1. The summed E-state index contributed by atoms with van der Waals surface area (Å²) in [6.45, 7) is 4.43. The van der Waals surface area contributed by atoms with Crippen molar-refractivity contribution in [3.8, 4) is 11.1 Å². The number of amides is 2. The molecular weight excluding hydrogens is 420 g/mol. The van der Waals surface area contributed by atoms with Crippen molar-refractivity contribution < 1.29 is 24.2 Å². The highest BCUT2D eigenvalue weighted by Crippen LogP contribution is 2.51. The number of alkyl carbamates (subject to hydrolysis) is 1. The molecular formula is C26H28N2O5. The van der Waals surface area contributed by atoms with Gasteiger partial charge in [-0.15, -0.1) is 0 Å². The van der Waals surface area contributed by atoms with E-state index in [9.17, 15) is 19.5 Å². The van der Waals surface area contributed by atoms with Gasteiger partial charge in [0.15, 0.2) is 0 Å². The van der Waals surface area contributed by atoms with Crippen LogP contribution in [0.5, 0.6) is 0 Å². The number of nitrogens with one attached hydrogen (secondary N) is 1. The highest BCUT2D eigenvalue weighted by atomic mass is 16.5. The van der Waals surface area contributed by atoms with Gasteiger partial charge < -0.3 is 20.1 Å². The van der Waals surface area contributed by atoms with Crippen LogP contribution in [0.4, 0.5) is 4.79 Å². The van der Waals surface area contributed by atoms with E-state index in [4.69, 9.17) is 4.74 Å². The third-order valence-corrected chi connectivity index (χ3v) is 7.36. The van der Waals surface area contributed by atoms with Crippen molar-refractivity contribution in [3.63, 3.8) is 0 Å². The van der Waals surface area contributed by atoms with E-state index in [1.807, 2.05) is 24.3 Å². The van der Waals surface area contributed by atoms with Gasteiger partial charge in [0.25, 0.3) is 0 Å². The first kappa shape index (κ1) is 21.5. The Labute approximate surface area is 192 Å². The minimum absolute atomic E-state index is 0.0189. The van der Waals surface area contributed by atoms with Crippen LogP contribution >= 0.6 is 0 Å². The van der Waals surface area contributed by atoms with E-state index < -0.39 is 17.6 Å². The molecule has 2 aromatic carbocycles. The number of rotatable bonds is 5. The third kappa shape index (κ3) is 3.75. The van der Waals surface area contributed by atoms with Gasteiger partial charge in [0.05, 0.1) is 5.92 Å². The average Bonchev–Trinajstić information content (AvgIpc) is 3.44. The van der Waals surface area contributed by atoms with Crippen LogP contribution < -0.4 is 5.32 Å². The van der Waals surface area contributed by atoms with Crippen molar-refractivity contribution in [2.24, 2.45) is 17.8 Å². The number of benzene rings is 2. The molecule has 33 heavy (non-hydrogen) atoms. The Morgan fingerprint density at radius 1 is 1.03 bits per heavy atom. The van der Waals surface area contributed by atoms with E-state index in [2.05, 4.69) is 29.6 Å². The summed E-state index contributed by atoms with van der Waals surface area (Å²) in [5, 5.41) is 12.0. The Morgan fingerprint density at radius 2 is 1.64 bits per heavy atom. The molecule has 2 amide bonds. The summed E-state index contributed by atoms with van der Waals surface area (Å²) in [4.78, 5) is 38.7. The van der Waals surface area contributed by atoms with Crippen molar-refractivity contribution >= 4 is 18.0 Å². The van der Waals surface area contributed by atoms with Crippen LogP contribution in [0, 0.1) is 17.8 Å². The summed E-state index contributed by atoms with van der Waals surface area (Å²) in [5.74, 6) is -1.21. The van der Waals surface area contributed by atoms with Gasteiger partial charge in [-0.3, -0.25) is 9.59 Å². The normalized spacial score (nSPS) is 23.2. The number of hydrogen-bond donors (Lipinski definition) is 2. The minimum Gasteiger partial charge on any atom is -0.481 e. The fourth-order valence-corrected chi connectivity index (χ4v) is 5.63. The van der Waals surface area contributed by atoms with Crippen molar-refractivity contribution in [1.29, 1.82) is 0 Å². The second-order valence-corrected chi connectivity index (χ2v) is 9.81. The Bertz CT molecular complexity index is 1080. The first-order valence-corrected chi connectivity index (χ1v) is 11.4. The fraction of sp³-hybridized carbons (Fsp3) is 0.423. The molecule has 172 valence electrons. The molecule has 3 unspecified atom stereocenters. The quantitative estimate of drug-likeness (QED) is 0.730. The Kier molecular flexibility index (Phi) is 5.15. The molecule has 2 fully saturated rings. The summed E-state index contributed by atoms with van der Waals surface area (Å²) >= 11 is 0. The largest absolute Gasteiger partial charge is 0.481 e. The lowest BCUT2D eigenvalue weighted by molar-refractivity contribution is -0.140. The van der Waals surface area contributed by atoms with E-state index in [-0.39, 0.29) is 36.2 Å². The molecule has 0 spiro atoms. The maximum Gasteiger partial charge on any atom is 0.408 e. The van der Waals surface area contributed by atoms with Gasteiger partial charge in [-0.25, -0.2) is 4.79 Å². The standard InChI is InChI=1S/C26H28N2O5/c1-26(2,24(31)28-12-11-19-20(13-28)22(19)23(29)30)27-25(32)33-14-21-17-9-5-3-7-15(17)16-8-4-6-10-18(16)21/h3-10,19-22H,11-14H2,1-2H3,(H,27,32)(H,29,30). The van der Waals surface area contributed by atoms with Crippen molar-refractivity contribution in [3.05, 3.63) is 59.7 Å². The Balaban J connectivity index is 1.21. The van der Waals surface area contributed by atoms with Crippen LogP contribution in [0.2, 0.25) is 0 Å². The Morgan fingerprint density at radius 3 is 2.24 bits per heavy atom. The average molecular weight is 449 g/mol. The number of hydrogen-bond acceptors (Lipinski definition) is 4. The number of likely N-dealkylation sites (tertiary alicyclic amines) is 1. The van der Waals surface area contributed by atoms with Gasteiger partial charge in [0, 0.05) is 19.0 Å². The van der Waals surface area contributed by atoms with Crippen LogP contribution in [0.25, 0.3) is 11.1 Å². The number of carboxylic acid groups (broad SMARTS) is 1. The molecule has 1 aliphatic heterocycles. The zero-order valence-corrected chi connectivity index (χ0v) is 18.8. The zero-order chi connectivity index (χ0) is 23.3. The van der Waals surface area contributed by atoms with Gasteiger partial charge in [0.1, 0.15) is 12.1 Å². The predicted molar refractivity (Wildman–Crippen MR) is 122 cm³/mol. The maximum atomic E-state index is 13.1. The fourth-order valence-electron chi connectivity index (χ4n) is 5.63. The van der Waals surface area contributed by atoms with Crippen LogP contribution in [0.15, 0.2) is 48.5 Å². The molecule has 0 bridgehead atoms. The van der Waals surface area contributed by atoms with E-state index in [0.717, 1.165) is 22.3 Å². The molecule has 5 rings (SSSR count). The first-order chi connectivity index (χ1) is 15.8. The second kappa shape index (κ2) is 7.90. The number of carbonyl (C=O) groups is 3. The van der Waals surface area contributed by atoms with Crippen molar-refractivity contribution in [2.75, 3.05) is 19.7 Å². The van der Waals surface area contributed by atoms with Crippen LogP contribution in [-0.4, -0.2) is 53.2 Å². The topological polar surface area (TPSA) is 95.9 Å². The van der Waals surface area contributed by atoms with Gasteiger partial charge in [0.2, 0.25) is 5.91 Å². The number of nitrogens with zero attached hydrogens (tertiary/aromatic N) is 1. The third-order valence-electron chi connectivity index (χ3n) is 7.36. The molecule has 0 radical (unpaired) electrons. The predicted octanol–water partition coefficient (Wildman–Crippen LogP) is 3.48. The first-order valence-electron chi connectivity index (χ1n) is 11.4. The molecule has 2 aromatic rings. The highest BCUT2D eigenvalue weighted by Gasteiger charge is 2.58. The number of carboxylic acids is 1. The number of ether oxygens (including phenoxy) is 1. The lowest BCUT2D eigenvalue weighted by Crippen LogP contribution is -2.57. The summed E-state index contributed by atoms with van der Waals surface area (Å²) in [5.41, 5.74) is 3.41. The van der Waals surface area contributed by atoms with Gasteiger partial charge >= 0.3 is 12.1 Å². The lowest BCUT2D eigenvalue weighted by Gasteiger charge is -2.34. The van der Waals surface area contributed by atoms with Crippen molar-refractivity contribution in [1.82, 2.24) is 10.2 Å². The van der Waals surface area contributed by atoms with Crippen LogP contribution in [0.3, 0.4) is 0 Å². The van der Waals surface area contributed by atoms with E-state index in [0.29, 0.717) is 19.5 Å². The zero-order valence-electron chi connectivity index (χ0n) is 18.8. The second-order valence-electron chi connectivity index (χ2n) is 9.81. The number of piperidine rings is 1. The van der Waals surface area contributed by atoms with Crippen LogP contribution in [-0.2, 0) is 14.3 Å². The van der Waals surface area contributed by atoms with E-state index in [1.165, 1.54) is 0 Å². The van der Waals surface area contributed by atoms with Gasteiger partial charge in [-0.1, -0.05) is 48.5 Å². The van der Waals surface area contributed by atoms with Gasteiger partial charge in [-0.05, 0) is 54.4 Å². The van der Waals surface area contributed by atoms with E-state index >= 15 is 0 Å². The molecule has 2 aliphatic carbocycles. The minimum atomic E-state index is -1.15. The highest BCUT2D eigenvalue weighted by molar-refractivity contribution is 5.89. The smallest absolute Gasteiger partial charge is 0.408 e. The molecule has 1 saturated carbocycles. The molecule has 7 heteroatoms. The lowest BCUT2D eigenvalue weighted by atomic mass is 9.98. The summed E-state index contributed by atoms with van der Waals surface area (Å²) in [7, 11) is 0. The summed E-state index contributed by atoms with van der Waals surface area (Å²) < 4.78 is 5.59. The number of fused-ring (bicyclic) bond motifs is 4. The van der Waals surface area contributed by atoms with E-state index in [1.54, 1.807) is 18.7 Å². The van der Waals surface area contributed by atoms with Crippen LogP contribution in [0.1, 0.15) is 37.3 Å². The summed E-state index contributed by atoms with van der Waals surface area (Å²) in [6.07, 6.45) is 0.0499. The van der Waals surface area contributed by atoms with Gasteiger partial charge in [-0.2, -0.15) is 0 Å². The monoisotopic (exact) mass is 448 g/mol. The molecule has 3 atom stereocenters. The SMILES string of the molecule is CC(C)(NC(=O)OCC1c2ccccc2-c2ccccc21)C(=O)N1CCC2C(C1)C2C(=O)O. The molecule has 0 aromatic heterocycles. The molecule has 1 saturated heterocycles. The van der Waals surface area contributed by atoms with Crippen molar-refractivity contribution in [2.45, 2.75) is 31.7 Å². The molecule has 3 aliphatic rings. The Hall–Kier alpha value is -3.35. The molecule has 2 N–H and O–H groups in total. The number of carbonyl (C=O) groups excluding carboxylic acids is 2. The number of aliphatic carboxylic acids is 1.